The zero-order chi connectivity index (χ0) is 16.9. The van der Waals surface area contributed by atoms with E-state index < -0.39 is 6.10 Å². The molecule has 1 amide bonds. The van der Waals surface area contributed by atoms with E-state index in [1.807, 2.05) is 24.3 Å². The maximum absolute atomic E-state index is 12.2. The monoisotopic (exact) mass is 387 g/mol. The van der Waals surface area contributed by atoms with E-state index in [0.717, 1.165) is 10.2 Å². The fraction of sp³-hybridized carbons (Fsp3) is 0.125. The van der Waals surface area contributed by atoms with Gasteiger partial charge in [0.05, 0.1) is 5.69 Å². The summed E-state index contributed by atoms with van der Waals surface area (Å²) in [6, 6.07) is 14.5. The number of rotatable bonds is 5. The van der Waals surface area contributed by atoms with Crippen LogP contribution in [0.25, 0.3) is 5.69 Å². The third kappa shape index (κ3) is 3.96. The molecular formula is C16H14BrN5O2. The standard InChI is InChI=1S/C16H14BrN5O2/c1-11(24-15-8-2-12(17)3-9-15)16(23)19-13-4-6-14(7-5-13)22-10-18-20-21-22/h2-11H,1H3,(H,19,23). The highest BCUT2D eigenvalue weighted by Gasteiger charge is 2.15. The molecule has 3 aromatic rings. The predicted molar refractivity (Wildman–Crippen MR) is 92.0 cm³/mol. The molecule has 0 radical (unpaired) electrons. The van der Waals surface area contributed by atoms with E-state index in [1.165, 1.54) is 11.0 Å². The summed E-state index contributed by atoms with van der Waals surface area (Å²) >= 11 is 3.36. The molecule has 24 heavy (non-hydrogen) atoms. The van der Waals surface area contributed by atoms with Gasteiger partial charge in [0.25, 0.3) is 5.91 Å². The number of anilines is 1. The second-order valence-electron chi connectivity index (χ2n) is 5.00. The average Bonchev–Trinajstić information content (AvgIpc) is 3.12. The van der Waals surface area contributed by atoms with Crippen LogP contribution in [0.15, 0.2) is 59.3 Å². The second-order valence-corrected chi connectivity index (χ2v) is 5.92. The van der Waals surface area contributed by atoms with Gasteiger partial charge in [-0.25, -0.2) is 4.68 Å². The molecule has 0 aliphatic heterocycles. The summed E-state index contributed by atoms with van der Waals surface area (Å²) in [5, 5.41) is 13.8. The first-order valence-corrected chi connectivity index (χ1v) is 7.97. The Kier molecular flexibility index (Phi) is 4.85. The summed E-state index contributed by atoms with van der Waals surface area (Å²) in [7, 11) is 0. The van der Waals surface area contributed by atoms with Crippen molar-refractivity contribution in [3.63, 3.8) is 0 Å². The van der Waals surface area contributed by atoms with E-state index in [-0.39, 0.29) is 5.91 Å². The molecule has 0 aliphatic rings. The second kappa shape index (κ2) is 7.22. The van der Waals surface area contributed by atoms with Crippen molar-refractivity contribution in [2.45, 2.75) is 13.0 Å². The van der Waals surface area contributed by atoms with E-state index in [9.17, 15) is 4.79 Å². The van der Waals surface area contributed by atoms with Crippen LogP contribution in [0.1, 0.15) is 6.92 Å². The largest absolute Gasteiger partial charge is 0.481 e. The Hall–Kier alpha value is -2.74. The normalized spacial score (nSPS) is 11.8. The van der Waals surface area contributed by atoms with Crippen molar-refractivity contribution < 1.29 is 9.53 Å². The van der Waals surface area contributed by atoms with Crippen molar-refractivity contribution in [2.75, 3.05) is 5.32 Å². The fourth-order valence-electron chi connectivity index (χ4n) is 1.99. The summed E-state index contributed by atoms with van der Waals surface area (Å²) in [6.45, 7) is 1.70. The SMILES string of the molecule is CC(Oc1ccc(Br)cc1)C(=O)Nc1ccc(-n2cnnn2)cc1. The van der Waals surface area contributed by atoms with Crippen molar-refractivity contribution in [1.82, 2.24) is 20.2 Å². The fourth-order valence-corrected chi connectivity index (χ4v) is 2.26. The van der Waals surface area contributed by atoms with E-state index >= 15 is 0 Å². The Morgan fingerprint density at radius 3 is 2.50 bits per heavy atom. The smallest absolute Gasteiger partial charge is 0.265 e. The predicted octanol–water partition coefficient (Wildman–Crippen LogP) is 2.83. The molecule has 0 aliphatic carbocycles. The van der Waals surface area contributed by atoms with Gasteiger partial charge >= 0.3 is 0 Å². The maximum atomic E-state index is 12.2. The molecule has 1 atom stereocenters. The van der Waals surface area contributed by atoms with E-state index in [4.69, 9.17) is 4.74 Å². The Balaban J connectivity index is 1.60. The summed E-state index contributed by atoms with van der Waals surface area (Å²) < 4.78 is 8.11. The zero-order valence-corrected chi connectivity index (χ0v) is 14.3. The topological polar surface area (TPSA) is 81.9 Å². The van der Waals surface area contributed by atoms with Gasteiger partial charge in [-0.3, -0.25) is 4.79 Å². The first kappa shape index (κ1) is 16.1. The van der Waals surface area contributed by atoms with Gasteiger partial charge in [0, 0.05) is 10.2 Å². The Labute approximate surface area is 146 Å². The van der Waals surface area contributed by atoms with E-state index in [1.54, 1.807) is 31.2 Å². The number of amides is 1. The molecule has 122 valence electrons. The Bertz CT molecular complexity index is 803. The van der Waals surface area contributed by atoms with Gasteiger partial charge in [0.15, 0.2) is 6.10 Å². The number of benzene rings is 2. The summed E-state index contributed by atoms with van der Waals surface area (Å²) in [4.78, 5) is 12.2. The number of nitrogens with one attached hydrogen (secondary N) is 1. The van der Waals surface area contributed by atoms with Crippen molar-refractivity contribution in [2.24, 2.45) is 0 Å². The van der Waals surface area contributed by atoms with E-state index in [2.05, 4.69) is 36.8 Å². The van der Waals surface area contributed by atoms with Crippen molar-refractivity contribution in [3.8, 4) is 11.4 Å². The van der Waals surface area contributed by atoms with Crippen LogP contribution >= 0.6 is 15.9 Å². The lowest BCUT2D eigenvalue weighted by molar-refractivity contribution is -0.122. The number of hydrogen-bond acceptors (Lipinski definition) is 5. The molecule has 7 nitrogen and oxygen atoms in total. The van der Waals surface area contributed by atoms with Crippen LogP contribution in [0.3, 0.4) is 0 Å². The Morgan fingerprint density at radius 2 is 1.88 bits per heavy atom. The molecule has 0 saturated heterocycles. The van der Waals surface area contributed by atoms with Crippen molar-refractivity contribution in [1.29, 1.82) is 0 Å². The van der Waals surface area contributed by atoms with Crippen LogP contribution < -0.4 is 10.1 Å². The van der Waals surface area contributed by atoms with Gasteiger partial charge in [-0.05, 0) is 65.9 Å². The highest BCUT2D eigenvalue weighted by molar-refractivity contribution is 9.10. The molecular weight excluding hydrogens is 374 g/mol. The van der Waals surface area contributed by atoms with E-state index in [0.29, 0.717) is 11.4 Å². The van der Waals surface area contributed by atoms with Crippen LogP contribution in [-0.2, 0) is 4.79 Å². The molecule has 3 rings (SSSR count). The average molecular weight is 388 g/mol. The first-order chi connectivity index (χ1) is 11.6. The van der Waals surface area contributed by atoms with Crippen LogP contribution in [0.4, 0.5) is 5.69 Å². The minimum Gasteiger partial charge on any atom is -0.481 e. The highest BCUT2D eigenvalue weighted by atomic mass is 79.9. The van der Waals surface area contributed by atoms with Crippen LogP contribution in [0.2, 0.25) is 0 Å². The summed E-state index contributed by atoms with van der Waals surface area (Å²) in [5.74, 6) is 0.406. The first-order valence-electron chi connectivity index (χ1n) is 7.18. The molecule has 8 heteroatoms. The molecule has 0 fully saturated rings. The lowest BCUT2D eigenvalue weighted by atomic mass is 10.2. The van der Waals surface area contributed by atoms with Crippen molar-refractivity contribution in [3.05, 3.63) is 59.3 Å². The van der Waals surface area contributed by atoms with Crippen molar-refractivity contribution >= 4 is 27.5 Å². The molecule has 1 N–H and O–H groups in total. The minimum atomic E-state index is -0.620. The number of carbonyl (C=O) groups is 1. The number of carbonyl (C=O) groups excluding carboxylic acids is 1. The van der Waals surface area contributed by atoms with Gasteiger partial charge in [0.1, 0.15) is 12.1 Å². The van der Waals surface area contributed by atoms with Gasteiger partial charge in [0.2, 0.25) is 0 Å². The number of tetrazole rings is 1. The third-order valence-electron chi connectivity index (χ3n) is 3.24. The lowest BCUT2D eigenvalue weighted by Crippen LogP contribution is -2.30. The van der Waals surface area contributed by atoms with Crippen LogP contribution in [0.5, 0.6) is 5.75 Å². The molecule has 2 aromatic carbocycles. The summed E-state index contributed by atoms with van der Waals surface area (Å²) in [5.41, 5.74) is 1.47. The number of hydrogen-bond donors (Lipinski definition) is 1. The van der Waals surface area contributed by atoms with Gasteiger partial charge in [-0.15, -0.1) is 5.10 Å². The molecule has 1 aromatic heterocycles. The summed E-state index contributed by atoms with van der Waals surface area (Å²) in [6.07, 6.45) is 0.882. The van der Waals surface area contributed by atoms with Gasteiger partial charge in [-0.1, -0.05) is 15.9 Å². The highest BCUT2D eigenvalue weighted by Crippen LogP contribution is 2.18. The quantitative estimate of drug-likeness (QED) is 0.727. The molecule has 0 spiro atoms. The molecule has 0 saturated carbocycles. The molecule has 0 bridgehead atoms. The number of aromatic nitrogens is 4. The minimum absolute atomic E-state index is 0.229. The van der Waals surface area contributed by atoms with Crippen LogP contribution in [-0.4, -0.2) is 32.2 Å². The molecule has 1 heterocycles. The molecule has 1 unspecified atom stereocenters. The maximum Gasteiger partial charge on any atom is 0.265 e. The van der Waals surface area contributed by atoms with Gasteiger partial charge < -0.3 is 10.1 Å². The van der Waals surface area contributed by atoms with Crippen LogP contribution in [0, 0.1) is 0 Å². The Morgan fingerprint density at radius 1 is 1.17 bits per heavy atom. The third-order valence-corrected chi connectivity index (χ3v) is 3.77. The number of nitrogens with zero attached hydrogens (tertiary/aromatic N) is 4. The number of ether oxygens (including phenoxy) is 1. The lowest BCUT2D eigenvalue weighted by Gasteiger charge is -2.15. The zero-order valence-electron chi connectivity index (χ0n) is 12.8. The number of halogens is 1. The van der Waals surface area contributed by atoms with Gasteiger partial charge in [-0.2, -0.15) is 0 Å².